The molecule has 17 heavy (non-hydrogen) atoms. The van der Waals surface area contributed by atoms with Gasteiger partial charge in [0.2, 0.25) is 10.3 Å². The molecule has 1 N–H and O–H groups in total. The van der Waals surface area contributed by atoms with Crippen LogP contribution in [0.5, 0.6) is 0 Å². The number of pyridine rings is 1. The molecule has 0 aliphatic heterocycles. The highest BCUT2D eigenvalue weighted by atomic mass is 32.2. The minimum absolute atomic E-state index is 0.202. The van der Waals surface area contributed by atoms with E-state index in [0.717, 1.165) is 21.7 Å². The van der Waals surface area contributed by atoms with E-state index in [1.807, 2.05) is 42.5 Å². The first kappa shape index (κ1) is 10.1. The van der Waals surface area contributed by atoms with E-state index in [2.05, 4.69) is 4.98 Å². The molecule has 84 valence electrons. The van der Waals surface area contributed by atoms with Gasteiger partial charge in [0.05, 0.1) is 0 Å². The molecule has 0 fully saturated rings. The maximum atomic E-state index is 10.9. The normalized spacial score (nSPS) is 10.8. The van der Waals surface area contributed by atoms with Gasteiger partial charge in [0.1, 0.15) is 0 Å². The second-order valence-electron chi connectivity index (χ2n) is 3.84. The van der Waals surface area contributed by atoms with Gasteiger partial charge in [0.25, 0.3) is 0 Å². The maximum Gasteiger partial charge on any atom is 0.238 e. The fraction of sp³-hybridized carbons (Fsp3) is 0. The van der Waals surface area contributed by atoms with E-state index in [1.54, 1.807) is 6.07 Å². The topological polar surface area (TPSA) is 49.9 Å². The highest BCUT2D eigenvalue weighted by Crippen LogP contribution is 2.20. The van der Waals surface area contributed by atoms with Gasteiger partial charge in [0, 0.05) is 5.52 Å². The van der Waals surface area contributed by atoms with Gasteiger partial charge < -0.3 is 4.98 Å². The molecule has 1 heterocycles. The standard InChI is InChI=1S/C13H9NO2S/c15-17(16)13-6-5-11-7-9-3-1-2-4-10(9)8-12(11)14-13/h1-8,14H. The summed E-state index contributed by atoms with van der Waals surface area (Å²) >= 11 is 0. The lowest BCUT2D eigenvalue weighted by atomic mass is 10.1. The molecule has 1 aromatic heterocycles. The van der Waals surface area contributed by atoms with Gasteiger partial charge in [-0.3, -0.25) is 0 Å². The highest BCUT2D eigenvalue weighted by Gasteiger charge is 1.97. The van der Waals surface area contributed by atoms with Crippen LogP contribution in [-0.4, -0.2) is 13.4 Å². The van der Waals surface area contributed by atoms with Crippen molar-refractivity contribution in [2.75, 3.05) is 0 Å². The highest BCUT2D eigenvalue weighted by molar-refractivity contribution is 7.63. The summed E-state index contributed by atoms with van der Waals surface area (Å²) < 4.78 is 22.0. The number of aromatic nitrogens is 1. The Morgan fingerprint density at radius 2 is 1.53 bits per heavy atom. The van der Waals surface area contributed by atoms with E-state index in [0.29, 0.717) is 0 Å². The van der Waals surface area contributed by atoms with Crippen molar-refractivity contribution < 1.29 is 8.42 Å². The number of aromatic amines is 1. The van der Waals surface area contributed by atoms with Crippen molar-refractivity contribution in [3.8, 4) is 0 Å². The molecule has 0 saturated heterocycles. The van der Waals surface area contributed by atoms with Gasteiger partial charge in [-0.25, -0.2) is 0 Å². The number of H-pyrrole nitrogens is 1. The third-order valence-corrected chi connectivity index (χ3v) is 3.37. The zero-order chi connectivity index (χ0) is 11.8. The molecule has 3 rings (SSSR count). The van der Waals surface area contributed by atoms with E-state index >= 15 is 0 Å². The van der Waals surface area contributed by atoms with E-state index in [9.17, 15) is 8.42 Å². The van der Waals surface area contributed by atoms with Crippen LogP contribution >= 0.6 is 0 Å². The van der Waals surface area contributed by atoms with Crippen molar-refractivity contribution in [2.24, 2.45) is 0 Å². The average Bonchev–Trinajstić information content (AvgIpc) is 2.35. The van der Waals surface area contributed by atoms with Gasteiger partial charge in [-0.05, 0) is 40.4 Å². The Morgan fingerprint density at radius 3 is 2.24 bits per heavy atom. The molecule has 0 radical (unpaired) electrons. The minimum Gasteiger partial charge on any atom is -0.342 e. The maximum absolute atomic E-state index is 10.9. The number of benzene rings is 2. The van der Waals surface area contributed by atoms with Crippen LogP contribution in [0.4, 0.5) is 0 Å². The van der Waals surface area contributed by atoms with Gasteiger partial charge in [-0.2, -0.15) is 8.42 Å². The number of hydrogen-bond donors (Lipinski definition) is 1. The van der Waals surface area contributed by atoms with E-state index in [-0.39, 0.29) is 4.64 Å². The van der Waals surface area contributed by atoms with Crippen LogP contribution in [0.15, 0.2) is 48.5 Å². The van der Waals surface area contributed by atoms with Crippen LogP contribution in [0.3, 0.4) is 0 Å². The second kappa shape index (κ2) is 3.75. The van der Waals surface area contributed by atoms with Gasteiger partial charge >= 0.3 is 0 Å². The SMILES string of the molecule is O=S(=O)=c1ccc2cc3ccccc3cc2[nH]1. The fourth-order valence-corrected chi connectivity index (χ4v) is 2.31. The quantitative estimate of drug-likeness (QED) is 0.487. The first-order chi connectivity index (χ1) is 8.24. The Morgan fingerprint density at radius 1 is 0.824 bits per heavy atom. The zero-order valence-corrected chi connectivity index (χ0v) is 9.66. The first-order valence-corrected chi connectivity index (χ1v) is 6.26. The zero-order valence-electron chi connectivity index (χ0n) is 8.84. The monoisotopic (exact) mass is 243 g/mol. The van der Waals surface area contributed by atoms with Crippen LogP contribution in [0.2, 0.25) is 0 Å². The van der Waals surface area contributed by atoms with Crippen molar-refractivity contribution in [1.82, 2.24) is 4.98 Å². The summed E-state index contributed by atoms with van der Waals surface area (Å²) in [6.45, 7) is 0. The molecule has 0 aliphatic rings. The molecule has 0 spiro atoms. The molecule has 3 aromatic rings. The number of hydrogen-bond acceptors (Lipinski definition) is 2. The Kier molecular flexibility index (Phi) is 2.23. The summed E-state index contributed by atoms with van der Waals surface area (Å²) in [6.07, 6.45) is 0. The predicted molar refractivity (Wildman–Crippen MR) is 68.0 cm³/mol. The Labute approximate surface area is 98.9 Å². The third-order valence-electron chi connectivity index (χ3n) is 2.77. The van der Waals surface area contributed by atoms with Crippen LogP contribution in [-0.2, 0) is 10.3 Å². The van der Waals surface area contributed by atoms with E-state index in [4.69, 9.17) is 0 Å². The molecule has 2 aromatic carbocycles. The molecule has 0 amide bonds. The molecule has 0 saturated carbocycles. The summed E-state index contributed by atoms with van der Waals surface area (Å²) in [5, 5.41) is 3.23. The molecule has 3 nitrogen and oxygen atoms in total. The van der Waals surface area contributed by atoms with Crippen molar-refractivity contribution >= 4 is 32.0 Å². The number of fused-ring (bicyclic) bond motifs is 2. The Bertz CT molecular complexity index is 884. The average molecular weight is 243 g/mol. The summed E-state index contributed by atoms with van der Waals surface area (Å²) in [4.78, 5) is 2.91. The van der Waals surface area contributed by atoms with E-state index in [1.165, 1.54) is 0 Å². The summed E-state index contributed by atoms with van der Waals surface area (Å²) in [6, 6.07) is 15.4. The molecule has 0 bridgehead atoms. The van der Waals surface area contributed by atoms with Crippen molar-refractivity contribution in [3.05, 3.63) is 53.2 Å². The number of rotatable bonds is 0. The smallest absolute Gasteiger partial charge is 0.238 e. The summed E-state index contributed by atoms with van der Waals surface area (Å²) in [5.41, 5.74) is 0.824. The predicted octanol–water partition coefficient (Wildman–Crippen LogP) is 2.73. The first-order valence-electron chi connectivity index (χ1n) is 5.18. The molecule has 0 aliphatic carbocycles. The van der Waals surface area contributed by atoms with Crippen molar-refractivity contribution in [1.29, 1.82) is 0 Å². The lowest BCUT2D eigenvalue weighted by molar-refractivity contribution is 0.624. The lowest BCUT2D eigenvalue weighted by Gasteiger charge is -2.01. The fourth-order valence-electron chi connectivity index (χ4n) is 1.94. The molecule has 0 atom stereocenters. The van der Waals surface area contributed by atoms with Crippen LogP contribution in [0.25, 0.3) is 21.7 Å². The van der Waals surface area contributed by atoms with Gasteiger partial charge in [-0.15, -0.1) is 0 Å². The molecule has 4 heteroatoms. The Hall–Kier alpha value is -2.07. The molecular formula is C13H9NO2S. The van der Waals surface area contributed by atoms with Crippen molar-refractivity contribution in [3.63, 3.8) is 0 Å². The van der Waals surface area contributed by atoms with E-state index < -0.39 is 10.3 Å². The molecular weight excluding hydrogens is 234 g/mol. The van der Waals surface area contributed by atoms with Crippen molar-refractivity contribution in [2.45, 2.75) is 0 Å². The minimum atomic E-state index is -2.22. The number of nitrogens with one attached hydrogen (secondary N) is 1. The summed E-state index contributed by atoms with van der Waals surface area (Å²) in [5.74, 6) is 0. The summed E-state index contributed by atoms with van der Waals surface area (Å²) in [7, 11) is -2.22. The molecule has 0 unspecified atom stereocenters. The van der Waals surface area contributed by atoms with Crippen LogP contribution in [0, 0.1) is 4.64 Å². The third kappa shape index (κ3) is 1.72. The van der Waals surface area contributed by atoms with Crippen LogP contribution < -0.4 is 0 Å². The largest absolute Gasteiger partial charge is 0.342 e. The Balaban J connectivity index is 2.53. The lowest BCUT2D eigenvalue weighted by Crippen LogP contribution is -1.82. The van der Waals surface area contributed by atoms with Crippen LogP contribution in [0.1, 0.15) is 0 Å². The second-order valence-corrected chi connectivity index (χ2v) is 4.75. The van der Waals surface area contributed by atoms with Gasteiger partial charge in [-0.1, -0.05) is 24.3 Å². The van der Waals surface area contributed by atoms with Gasteiger partial charge in [0.15, 0.2) is 4.64 Å².